The highest BCUT2D eigenvalue weighted by atomic mass is 19.1. The van der Waals surface area contributed by atoms with E-state index in [2.05, 4.69) is 20.8 Å². The number of amides is 1. The van der Waals surface area contributed by atoms with E-state index in [1.807, 2.05) is 39.8 Å². The van der Waals surface area contributed by atoms with Crippen LogP contribution in [0.15, 0.2) is 18.2 Å². The van der Waals surface area contributed by atoms with Gasteiger partial charge in [-0.3, -0.25) is 4.79 Å². The van der Waals surface area contributed by atoms with Crippen LogP contribution in [0.1, 0.15) is 59.6 Å². The third-order valence-corrected chi connectivity index (χ3v) is 4.79. The maximum atomic E-state index is 14.3. The second-order valence-corrected chi connectivity index (χ2v) is 8.71. The number of nitrogens with two attached hydrogens (primary N) is 1. The second kappa shape index (κ2) is 6.02. The molecule has 1 aromatic carbocycles. The monoisotopic (exact) mass is 307 g/mol. The first-order valence-electron chi connectivity index (χ1n) is 7.83. The molecule has 0 fully saturated rings. The van der Waals surface area contributed by atoms with E-state index in [4.69, 9.17) is 5.73 Å². The Kier molecular flexibility index (Phi) is 5.11. The predicted octanol–water partition coefficient (Wildman–Crippen LogP) is 4.49. The third-order valence-electron chi connectivity index (χ3n) is 4.79. The SMILES string of the molecule is CC(C)(C)Cc1ccc(CC(C)(C)C(C)(C)C(N)=O)cc1F. The molecule has 0 saturated carbocycles. The minimum absolute atomic E-state index is 0.0512. The van der Waals surface area contributed by atoms with Gasteiger partial charge in [0.05, 0.1) is 0 Å². The highest BCUT2D eigenvalue weighted by molar-refractivity contribution is 5.80. The molecule has 0 radical (unpaired) electrons. The average molecular weight is 307 g/mol. The van der Waals surface area contributed by atoms with Gasteiger partial charge in [0.1, 0.15) is 5.82 Å². The average Bonchev–Trinajstić information content (AvgIpc) is 2.30. The fourth-order valence-electron chi connectivity index (χ4n) is 2.48. The van der Waals surface area contributed by atoms with Gasteiger partial charge in [-0.15, -0.1) is 0 Å². The third kappa shape index (κ3) is 4.31. The topological polar surface area (TPSA) is 43.1 Å². The lowest BCUT2D eigenvalue weighted by Crippen LogP contribution is -2.44. The van der Waals surface area contributed by atoms with Gasteiger partial charge in [-0.2, -0.15) is 0 Å². The van der Waals surface area contributed by atoms with E-state index in [1.54, 1.807) is 6.07 Å². The minimum Gasteiger partial charge on any atom is -0.369 e. The highest BCUT2D eigenvalue weighted by Gasteiger charge is 2.41. The Morgan fingerprint density at radius 2 is 1.59 bits per heavy atom. The number of benzene rings is 1. The molecule has 124 valence electrons. The van der Waals surface area contributed by atoms with E-state index < -0.39 is 5.41 Å². The Bertz CT molecular complexity index is 553. The van der Waals surface area contributed by atoms with Crippen LogP contribution in [0.4, 0.5) is 4.39 Å². The largest absolute Gasteiger partial charge is 0.369 e. The summed E-state index contributed by atoms with van der Waals surface area (Å²) in [5.41, 5.74) is 6.20. The number of hydrogen-bond donors (Lipinski definition) is 1. The van der Waals surface area contributed by atoms with E-state index in [1.165, 1.54) is 0 Å². The molecule has 0 aromatic heterocycles. The predicted molar refractivity (Wildman–Crippen MR) is 90.0 cm³/mol. The summed E-state index contributed by atoms with van der Waals surface area (Å²) in [6.07, 6.45) is 1.31. The van der Waals surface area contributed by atoms with Gasteiger partial charge in [-0.1, -0.05) is 60.6 Å². The Labute approximate surface area is 134 Å². The highest BCUT2D eigenvalue weighted by Crippen LogP contribution is 2.41. The van der Waals surface area contributed by atoms with E-state index in [9.17, 15) is 9.18 Å². The zero-order valence-electron chi connectivity index (χ0n) is 15.0. The van der Waals surface area contributed by atoms with Crippen molar-refractivity contribution in [1.29, 1.82) is 0 Å². The Morgan fingerprint density at radius 3 is 2.00 bits per heavy atom. The molecule has 0 aliphatic carbocycles. The molecule has 0 unspecified atom stereocenters. The van der Waals surface area contributed by atoms with Gasteiger partial charge in [0.2, 0.25) is 5.91 Å². The molecule has 0 aliphatic rings. The standard InChI is InChI=1S/C19H30FNO/c1-17(2,3)12-14-9-8-13(10-15(14)20)11-18(4,5)19(6,7)16(21)22/h8-10H,11-12H2,1-7H3,(H2,21,22). The Hall–Kier alpha value is -1.38. The molecule has 0 atom stereocenters. The Balaban J connectivity index is 3.01. The summed E-state index contributed by atoms with van der Waals surface area (Å²) in [4.78, 5) is 11.7. The molecular weight excluding hydrogens is 277 g/mol. The fourth-order valence-corrected chi connectivity index (χ4v) is 2.48. The Morgan fingerprint density at radius 1 is 1.05 bits per heavy atom. The van der Waals surface area contributed by atoms with Crippen molar-refractivity contribution < 1.29 is 9.18 Å². The maximum Gasteiger partial charge on any atom is 0.223 e. The lowest BCUT2D eigenvalue weighted by Gasteiger charge is -2.39. The van der Waals surface area contributed by atoms with Crippen molar-refractivity contribution in [2.45, 2.75) is 61.3 Å². The van der Waals surface area contributed by atoms with Gasteiger partial charge in [-0.25, -0.2) is 4.39 Å². The van der Waals surface area contributed by atoms with Gasteiger partial charge in [-0.05, 0) is 40.9 Å². The van der Waals surface area contributed by atoms with Crippen molar-refractivity contribution in [3.05, 3.63) is 35.1 Å². The summed E-state index contributed by atoms with van der Waals surface area (Å²) in [6, 6.07) is 5.42. The number of hydrogen-bond acceptors (Lipinski definition) is 1. The van der Waals surface area contributed by atoms with Crippen LogP contribution in [0, 0.1) is 22.1 Å². The molecule has 1 amide bonds. The lowest BCUT2D eigenvalue weighted by molar-refractivity contribution is -0.131. The van der Waals surface area contributed by atoms with Crippen molar-refractivity contribution in [3.8, 4) is 0 Å². The van der Waals surface area contributed by atoms with Crippen LogP contribution in [-0.4, -0.2) is 5.91 Å². The summed E-state index contributed by atoms with van der Waals surface area (Å²) >= 11 is 0. The van der Waals surface area contributed by atoms with Crippen molar-refractivity contribution >= 4 is 5.91 Å². The van der Waals surface area contributed by atoms with E-state index in [0.717, 1.165) is 11.1 Å². The molecule has 0 spiro atoms. The lowest BCUT2D eigenvalue weighted by atomic mass is 9.64. The maximum absolute atomic E-state index is 14.3. The molecule has 22 heavy (non-hydrogen) atoms. The van der Waals surface area contributed by atoms with Crippen LogP contribution >= 0.6 is 0 Å². The van der Waals surface area contributed by atoms with Crippen molar-refractivity contribution in [1.82, 2.24) is 0 Å². The zero-order chi connectivity index (χ0) is 17.3. The summed E-state index contributed by atoms with van der Waals surface area (Å²) in [7, 11) is 0. The summed E-state index contributed by atoms with van der Waals surface area (Å²) in [5, 5.41) is 0. The van der Waals surface area contributed by atoms with Crippen LogP contribution in [0.5, 0.6) is 0 Å². The molecule has 2 nitrogen and oxygen atoms in total. The van der Waals surface area contributed by atoms with Crippen LogP contribution in [-0.2, 0) is 17.6 Å². The fraction of sp³-hybridized carbons (Fsp3) is 0.632. The van der Waals surface area contributed by atoms with Crippen molar-refractivity contribution in [2.24, 2.45) is 22.0 Å². The molecule has 0 bridgehead atoms. The molecule has 1 rings (SSSR count). The van der Waals surface area contributed by atoms with Crippen LogP contribution in [0.25, 0.3) is 0 Å². The molecule has 2 N–H and O–H groups in total. The first-order chi connectivity index (χ1) is 9.76. The summed E-state index contributed by atoms with van der Waals surface area (Å²) < 4.78 is 14.3. The normalized spacial score (nSPS) is 13.3. The number of rotatable bonds is 5. The minimum atomic E-state index is -0.659. The number of halogens is 1. The number of carbonyl (C=O) groups excluding carboxylic acids is 1. The molecule has 0 heterocycles. The molecule has 1 aromatic rings. The van der Waals surface area contributed by atoms with Crippen molar-refractivity contribution in [3.63, 3.8) is 0 Å². The quantitative estimate of drug-likeness (QED) is 0.855. The van der Waals surface area contributed by atoms with Crippen LogP contribution in [0.2, 0.25) is 0 Å². The number of primary amides is 1. The van der Waals surface area contributed by atoms with Gasteiger partial charge in [0.25, 0.3) is 0 Å². The van der Waals surface area contributed by atoms with E-state index in [0.29, 0.717) is 12.8 Å². The van der Waals surface area contributed by atoms with E-state index >= 15 is 0 Å². The first-order valence-corrected chi connectivity index (χ1v) is 7.83. The van der Waals surface area contributed by atoms with Gasteiger partial charge in [0, 0.05) is 5.41 Å². The summed E-state index contributed by atoms with van der Waals surface area (Å²) in [5.74, 6) is -0.498. The smallest absolute Gasteiger partial charge is 0.223 e. The number of carbonyl (C=O) groups is 1. The van der Waals surface area contributed by atoms with Gasteiger partial charge >= 0.3 is 0 Å². The summed E-state index contributed by atoms with van der Waals surface area (Å²) in [6.45, 7) is 14.0. The molecule has 0 saturated heterocycles. The van der Waals surface area contributed by atoms with E-state index in [-0.39, 0.29) is 22.6 Å². The van der Waals surface area contributed by atoms with Crippen LogP contribution < -0.4 is 5.73 Å². The molecular formula is C19H30FNO. The van der Waals surface area contributed by atoms with Gasteiger partial charge in [0.15, 0.2) is 0 Å². The second-order valence-electron chi connectivity index (χ2n) is 8.71. The van der Waals surface area contributed by atoms with Crippen LogP contribution in [0.3, 0.4) is 0 Å². The first kappa shape index (κ1) is 18.7. The zero-order valence-corrected chi connectivity index (χ0v) is 15.0. The molecule has 3 heteroatoms. The van der Waals surface area contributed by atoms with Crippen molar-refractivity contribution in [2.75, 3.05) is 0 Å². The molecule has 0 aliphatic heterocycles. The van der Waals surface area contributed by atoms with Gasteiger partial charge < -0.3 is 5.73 Å².